The number of piperazine rings is 1. The van der Waals surface area contributed by atoms with E-state index in [4.69, 9.17) is 11.6 Å². The predicted molar refractivity (Wildman–Crippen MR) is 118 cm³/mol. The van der Waals surface area contributed by atoms with Gasteiger partial charge in [0.2, 0.25) is 0 Å². The SMILES string of the molecule is CCN1CCN(C(C)CNC(=NC)NC2CCN(c3ncccc3Cl)C2)CC1. The Labute approximate surface area is 174 Å². The molecule has 28 heavy (non-hydrogen) atoms. The number of aromatic nitrogens is 1. The fraction of sp³-hybridized carbons (Fsp3) is 0.700. The van der Waals surface area contributed by atoms with Gasteiger partial charge < -0.3 is 20.4 Å². The third-order valence-electron chi connectivity index (χ3n) is 5.83. The van der Waals surface area contributed by atoms with E-state index in [1.165, 1.54) is 13.1 Å². The quantitative estimate of drug-likeness (QED) is 0.550. The largest absolute Gasteiger partial charge is 0.355 e. The molecule has 0 aromatic carbocycles. The van der Waals surface area contributed by atoms with Crippen LogP contribution in [0.25, 0.3) is 0 Å². The molecule has 0 amide bonds. The topological polar surface area (TPSA) is 59.0 Å². The standard InChI is InChI=1S/C20H34ClN7/c1-4-26-10-12-27(13-11-26)16(2)14-24-20(22-3)25-17-7-9-28(15-17)19-18(21)6-5-8-23-19/h5-6,8,16-17H,4,7,9-15H2,1-3H3,(H2,22,24,25). The molecule has 156 valence electrons. The molecule has 2 atom stereocenters. The van der Waals surface area contributed by atoms with Gasteiger partial charge >= 0.3 is 0 Å². The van der Waals surface area contributed by atoms with Gasteiger partial charge in [0.15, 0.2) is 5.96 Å². The highest BCUT2D eigenvalue weighted by atomic mass is 35.5. The minimum atomic E-state index is 0.340. The third kappa shape index (κ3) is 5.49. The van der Waals surface area contributed by atoms with Gasteiger partial charge in [0.1, 0.15) is 5.82 Å². The van der Waals surface area contributed by atoms with Crippen molar-refractivity contribution in [3.63, 3.8) is 0 Å². The highest BCUT2D eigenvalue weighted by Gasteiger charge is 2.26. The van der Waals surface area contributed by atoms with Gasteiger partial charge in [-0.3, -0.25) is 9.89 Å². The van der Waals surface area contributed by atoms with Crippen molar-refractivity contribution in [2.75, 3.05) is 64.3 Å². The van der Waals surface area contributed by atoms with Crippen LogP contribution in [0.4, 0.5) is 5.82 Å². The molecule has 2 aliphatic heterocycles. The number of likely N-dealkylation sites (N-methyl/N-ethyl adjacent to an activating group) is 1. The van der Waals surface area contributed by atoms with E-state index >= 15 is 0 Å². The van der Waals surface area contributed by atoms with Crippen molar-refractivity contribution in [2.45, 2.75) is 32.4 Å². The van der Waals surface area contributed by atoms with E-state index in [2.05, 4.69) is 49.2 Å². The minimum Gasteiger partial charge on any atom is -0.355 e. The van der Waals surface area contributed by atoms with Gasteiger partial charge in [0.25, 0.3) is 0 Å². The number of rotatable bonds is 6. The highest BCUT2D eigenvalue weighted by molar-refractivity contribution is 6.32. The summed E-state index contributed by atoms with van der Waals surface area (Å²) in [5.74, 6) is 1.74. The maximum absolute atomic E-state index is 6.29. The van der Waals surface area contributed by atoms with E-state index < -0.39 is 0 Å². The second-order valence-electron chi connectivity index (χ2n) is 7.66. The second-order valence-corrected chi connectivity index (χ2v) is 8.06. The zero-order chi connectivity index (χ0) is 19.9. The third-order valence-corrected chi connectivity index (χ3v) is 6.13. The molecule has 0 saturated carbocycles. The van der Waals surface area contributed by atoms with Gasteiger partial charge in [-0.1, -0.05) is 18.5 Å². The van der Waals surface area contributed by atoms with Gasteiger partial charge in [-0.15, -0.1) is 0 Å². The zero-order valence-electron chi connectivity index (χ0n) is 17.4. The second kappa shape index (κ2) is 10.3. The van der Waals surface area contributed by atoms with Crippen LogP contribution >= 0.6 is 11.6 Å². The monoisotopic (exact) mass is 407 g/mol. The molecule has 2 unspecified atom stereocenters. The number of nitrogens with zero attached hydrogens (tertiary/aromatic N) is 5. The lowest BCUT2D eigenvalue weighted by Gasteiger charge is -2.37. The molecule has 3 rings (SSSR count). The molecule has 8 heteroatoms. The number of hydrogen-bond acceptors (Lipinski definition) is 5. The van der Waals surface area contributed by atoms with Gasteiger partial charge in [-0.2, -0.15) is 0 Å². The van der Waals surface area contributed by atoms with E-state index in [9.17, 15) is 0 Å². The van der Waals surface area contributed by atoms with Crippen molar-refractivity contribution in [3.8, 4) is 0 Å². The van der Waals surface area contributed by atoms with E-state index in [-0.39, 0.29) is 0 Å². The first-order valence-corrected chi connectivity index (χ1v) is 10.8. The van der Waals surface area contributed by atoms with Crippen LogP contribution in [0.2, 0.25) is 5.02 Å². The molecule has 0 spiro atoms. The van der Waals surface area contributed by atoms with Crippen LogP contribution in [0.1, 0.15) is 20.3 Å². The van der Waals surface area contributed by atoms with Crippen LogP contribution < -0.4 is 15.5 Å². The molecule has 2 fully saturated rings. The fourth-order valence-corrected chi connectivity index (χ4v) is 4.20. The predicted octanol–water partition coefficient (Wildman–Crippen LogP) is 1.50. The van der Waals surface area contributed by atoms with Crippen molar-refractivity contribution in [2.24, 2.45) is 4.99 Å². The van der Waals surface area contributed by atoms with Gasteiger partial charge in [0, 0.05) is 71.1 Å². The smallest absolute Gasteiger partial charge is 0.191 e. The summed E-state index contributed by atoms with van der Waals surface area (Å²) in [5.41, 5.74) is 0. The van der Waals surface area contributed by atoms with Crippen molar-refractivity contribution >= 4 is 23.4 Å². The van der Waals surface area contributed by atoms with Crippen molar-refractivity contribution in [3.05, 3.63) is 23.4 Å². The lowest BCUT2D eigenvalue weighted by Crippen LogP contribution is -2.53. The normalized spacial score (nSPS) is 23.1. The van der Waals surface area contributed by atoms with Gasteiger partial charge in [-0.05, 0) is 32.0 Å². The van der Waals surface area contributed by atoms with E-state index in [0.717, 1.165) is 57.5 Å². The first-order valence-electron chi connectivity index (χ1n) is 10.4. The summed E-state index contributed by atoms with van der Waals surface area (Å²) in [5, 5.41) is 7.78. The number of nitrogens with one attached hydrogen (secondary N) is 2. The molecule has 0 bridgehead atoms. The Morgan fingerprint density at radius 2 is 2.11 bits per heavy atom. The lowest BCUT2D eigenvalue weighted by atomic mass is 10.2. The fourth-order valence-electron chi connectivity index (χ4n) is 3.96. The molecule has 1 aromatic rings. The summed E-state index contributed by atoms with van der Waals surface area (Å²) in [4.78, 5) is 16.2. The highest BCUT2D eigenvalue weighted by Crippen LogP contribution is 2.25. The molecule has 1 aromatic heterocycles. The molecular formula is C20H34ClN7. The number of hydrogen-bond donors (Lipinski definition) is 2. The molecule has 0 radical (unpaired) electrons. The van der Waals surface area contributed by atoms with Crippen LogP contribution in [0, 0.1) is 0 Å². The Balaban J connectivity index is 1.43. The zero-order valence-corrected chi connectivity index (χ0v) is 18.1. The Morgan fingerprint density at radius 3 is 2.79 bits per heavy atom. The maximum atomic E-state index is 6.29. The average molecular weight is 408 g/mol. The summed E-state index contributed by atoms with van der Waals surface area (Å²) < 4.78 is 0. The lowest BCUT2D eigenvalue weighted by molar-refractivity contribution is 0.107. The first-order chi connectivity index (χ1) is 13.6. The summed E-state index contributed by atoms with van der Waals surface area (Å²) >= 11 is 6.29. The first kappa shape index (κ1) is 21.1. The van der Waals surface area contributed by atoms with Crippen LogP contribution in [-0.2, 0) is 0 Å². The molecule has 0 aliphatic carbocycles. The summed E-state index contributed by atoms with van der Waals surface area (Å²) in [7, 11) is 1.84. The summed E-state index contributed by atoms with van der Waals surface area (Å²) in [6.07, 6.45) is 2.84. The van der Waals surface area contributed by atoms with Crippen molar-refractivity contribution in [1.82, 2.24) is 25.4 Å². The van der Waals surface area contributed by atoms with Crippen molar-refractivity contribution < 1.29 is 0 Å². The number of halogens is 1. The number of anilines is 1. The van der Waals surface area contributed by atoms with E-state index in [1.807, 2.05) is 19.2 Å². The number of aliphatic imine (C=N–C) groups is 1. The Bertz CT molecular complexity index is 645. The van der Waals surface area contributed by atoms with Crippen LogP contribution in [0.15, 0.2) is 23.3 Å². The molecule has 3 heterocycles. The maximum Gasteiger partial charge on any atom is 0.191 e. The molecule has 7 nitrogen and oxygen atoms in total. The minimum absolute atomic E-state index is 0.340. The molecule has 2 N–H and O–H groups in total. The number of guanidine groups is 1. The van der Waals surface area contributed by atoms with Crippen LogP contribution in [-0.4, -0.2) is 92.2 Å². The van der Waals surface area contributed by atoms with E-state index in [1.54, 1.807) is 6.20 Å². The molecular weight excluding hydrogens is 374 g/mol. The van der Waals surface area contributed by atoms with Gasteiger partial charge in [-0.25, -0.2) is 4.98 Å². The Kier molecular flexibility index (Phi) is 7.76. The Hall–Kier alpha value is -1.57. The molecule has 2 aliphatic rings. The summed E-state index contributed by atoms with van der Waals surface area (Å²) in [6, 6.07) is 4.59. The van der Waals surface area contributed by atoms with E-state index in [0.29, 0.717) is 17.1 Å². The molecule has 2 saturated heterocycles. The Morgan fingerprint density at radius 1 is 1.32 bits per heavy atom. The number of pyridine rings is 1. The van der Waals surface area contributed by atoms with Crippen LogP contribution in [0.3, 0.4) is 0 Å². The van der Waals surface area contributed by atoms with Crippen molar-refractivity contribution in [1.29, 1.82) is 0 Å². The average Bonchev–Trinajstić information content (AvgIpc) is 3.19. The summed E-state index contributed by atoms with van der Waals surface area (Å²) in [6.45, 7) is 13.0. The van der Waals surface area contributed by atoms with Crippen LogP contribution in [0.5, 0.6) is 0 Å². The van der Waals surface area contributed by atoms with Gasteiger partial charge in [0.05, 0.1) is 5.02 Å².